The third-order valence-corrected chi connectivity index (χ3v) is 4.14. The van der Waals surface area contributed by atoms with Crippen LogP contribution in [-0.4, -0.2) is 22.0 Å². The molecule has 5 nitrogen and oxygen atoms in total. The van der Waals surface area contributed by atoms with Crippen molar-refractivity contribution in [2.24, 2.45) is 5.92 Å². The molecule has 2 unspecified atom stereocenters. The average molecular weight is 280 g/mol. The first-order valence-electron chi connectivity index (χ1n) is 6.22. The summed E-state index contributed by atoms with van der Waals surface area (Å²) in [4.78, 5) is 26.8. The Morgan fingerprint density at radius 1 is 1.53 bits per heavy atom. The minimum atomic E-state index is -1.04. The van der Waals surface area contributed by atoms with Gasteiger partial charge in [0.05, 0.1) is 6.04 Å². The summed E-state index contributed by atoms with van der Waals surface area (Å²) in [7, 11) is 0. The SMILES string of the molecule is CC(NC(=O)C1CC=CCC1)c1nc(C(=O)O)cs1. The molecule has 1 heterocycles. The van der Waals surface area contributed by atoms with Crippen LogP contribution in [0.2, 0.25) is 0 Å². The van der Waals surface area contributed by atoms with E-state index in [1.165, 1.54) is 16.7 Å². The van der Waals surface area contributed by atoms with E-state index >= 15 is 0 Å². The van der Waals surface area contributed by atoms with Crippen LogP contribution >= 0.6 is 11.3 Å². The van der Waals surface area contributed by atoms with Crippen LogP contribution in [0.5, 0.6) is 0 Å². The fraction of sp³-hybridized carbons (Fsp3) is 0.462. The molecule has 2 N–H and O–H groups in total. The molecule has 2 atom stereocenters. The molecule has 0 saturated heterocycles. The number of carbonyl (C=O) groups is 2. The average Bonchev–Trinajstić information content (AvgIpc) is 2.89. The van der Waals surface area contributed by atoms with E-state index in [1.807, 2.05) is 13.0 Å². The van der Waals surface area contributed by atoms with E-state index in [1.54, 1.807) is 0 Å². The molecule has 1 amide bonds. The molecule has 0 fully saturated rings. The minimum Gasteiger partial charge on any atom is -0.476 e. The van der Waals surface area contributed by atoms with E-state index in [0.29, 0.717) is 5.01 Å². The molecule has 19 heavy (non-hydrogen) atoms. The summed E-state index contributed by atoms with van der Waals surface area (Å²) >= 11 is 1.25. The summed E-state index contributed by atoms with van der Waals surface area (Å²) in [5.74, 6) is -1.01. The van der Waals surface area contributed by atoms with Crippen LogP contribution in [-0.2, 0) is 4.79 Å². The second-order valence-corrected chi connectivity index (χ2v) is 5.48. The second-order valence-electron chi connectivity index (χ2n) is 4.59. The monoisotopic (exact) mass is 280 g/mol. The smallest absolute Gasteiger partial charge is 0.355 e. The summed E-state index contributed by atoms with van der Waals surface area (Å²) < 4.78 is 0. The molecular formula is C13H16N2O3S. The molecule has 0 radical (unpaired) electrons. The predicted molar refractivity (Wildman–Crippen MR) is 72.1 cm³/mol. The number of aromatic carboxylic acids is 1. The Kier molecular flexibility index (Phi) is 4.31. The summed E-state index contributed by atoms with van der Waals surface area (Å²) in [5.41, 5.74) is 0.0294. The Morgan fingerprint density at radius 3 is 2.89 bits per heavy atom. The Morgan fingerprint density at radius 2 is 2.32 bits per heavy atom. The van der Waals surface area contributed by atoms with Gasteiger partial charge >= 0.3 is 5.97 Å². The van der Waals surface area contributed by atoms with Crippen molar-refractivity contribution in [2.45, 2.75) is 32.2 Å². The first kappa shape index (κ1) is 13.7. The Bertz CT molecular complexity index is 510. The highest BCUT2D eigenvalue weighted by Crippen LogP contribution is 2.22. The van der Waals surface area contributed by atoms with E-state index in [2.05, 4.69) is 16.4 Å². The minimum absolute atomic E-state index is 0.0175. The molecule has 0 spiro atoms. The van der Waals surface area contributed by atoms with Crippen molar-refractivity contribution in [1.29, 1.82) is 0 Å². The van der Waals surface area contributed by atoms with Crippen molar-refractivity contribution >= 4 is 23.2 Å². The molecule has 1 aliphatic carbocycles. The molecular weight excluding hydrogens is 264 g/mol. The van der Waals surface area contributed by atoms with Crippen molar-refractivity contribution < 1.29 is 14.7 Å². The normalized spacial score (nSPS) is 19.9. The summed E-state index contributed by atoms with van der Waals surface area (Å²) in [6, 6.07) is -0.253. The number of carboxylic acid groups (broad SMARTS) is 1. The highest BCUT2D eigenvalue weighted by atomic mass is 32.1. The molecule has 1 aromatic heterocycles. The maximum Gasteiger partial charge on any atom is 0.355 e. The van der Waals surface area contributed by atoms with Gasteiger partial charge in [0.15, 0.2) is 5.69 Å². The first-order chi connectivity index (χ1) is 9.08. The maximum atomic E-state index is 12.0. The third kappa shape index (κ3) is 3.41. The number of aromatic nitrogens is 1. The van der Waals surface area contributed by atoms with Crippen molar-refractivity contribution in [3.05, 3.63) is 28.2 Å². The van der Waals surface area contributed by atoms with E-state index in [4.69, 9.17) is 5.11 Å². The molecule has 0 aliphatic heterocycles. The van der Waals surface area contributed by atoms with Crippen LogP contribution in [0.15, 0.2) is 17.5 Å². The van der Waals surface area contributed by atoms with Crippen molar-refractivity contribution in [2.75, 3.05) is 0 Å². The van der Waals surface area contributed by atoms with E-state index in [0.717, 1.165) is 19.3 Å². The second kappa shape index (κ2) is 5.97. The molecule has 0 aromatic carbocycles. The molecule has 1 aromatic rings. The Hall–Kier alpha value is -1.69. The largest absolute Gasteiger partial charge is 0.476 e. The lowest BCUT2D eigenvalue weighted by Crippen LogP contribution is -2.33. The molecule has 2 rings (SSSR count). The zero-order chi connectivity index (χ0) is 13.8. The Labute approximate surface area is 115 Å². The van der Waals surface area contributed by atoms with Gasteiger partial charge in [0.2, 0.25) is 5.91 Å². The van der Waals surface area contributed by atoms with Crippen LogP contribution in [0.4, 0.5) is 0 Å². The highest BCUT2D eigenvalue weighted by molar-refractivity contribution is 7.09. The number of nitrogens with zero attached hydrogens (tertiary/aromatic N) is 1. The quantitative estimate of drug-likeness (QED) is 0.830. The number of hydrogen-bond donors (Lipinski definition) is 2. The molecule has 0 saturated carbocycles. The predicted octanol–water partition coefficient (Wildman–Crippen LogP) is 2.37. The van der Waals surface area contributed by atoms with Crippen molar-refractivity contribution in [3.8, 4) is 0 Å². The molecule has 6 heteroatoms. The number of hydrogen-bond acceptors (Lipinski definition) is 4. The topological polar surface area (TPSA) is 79.3 Å². The summed E-state index contributed by atoms with van der Waals surface area (Å²) in [5, 5.41) is 13.8. The number of amides is 1. The van der Waals surface area contributed by atoms with E-state index in [9.17, 15) is 9.59 Å². The summed E-state index contributed by atoms with van der Waals surface area (Å²) in [6.45, 7) is 1.82. The van der Waals surface area contributed by atoms with Crippen LogP contribution in [0, 0.1) is 5.92 Å². The molecule has 102 valence electrons. The fourth-order valence-electron chi connectivity index (χ4n) is 2.01. The number of nitrogens with one attached hydrogen (secondary N) is 1. The van der Waals surface area contributed by atoms with Gasteiger partial charge in [-0.15, -0.1) is 11.3 Å². The van der Waals surface area contributed by atoms with Crippen LogP contribution < -0.4 is 5.32 Å². The third-order valence-electron chi connectivity index (χ3n) is 3.11. The van der Waals surface area contributed by atoms with Crippen molar-refractivity contribution in [3.63, 3.8) is 0 Å². The van der Waals surface area contributed by atoms with Crippen LogP contribution in [0.3, 0.4) is 0 Å². The zero-order valence-electron chi connectivity index (χ0n) is 10.6. The molecule has 1 aliphatic rings. The fourth-order valence-corrected chi connectivity index (χ4v) is 2.81. The van der Waals surface area contributed by atoms with Gasteiger partial charge in [-0.25, -0.2) is 9.78 Å². The molecule has 0 bridgehead atoms. The standard InChI is InChI=1S/C13H16N2O3S/c1-8(12-15-10(7-19-12)13(17)18)14-11(16)9-5-3-2-4-6-9/h2-3,7-9H,4-6H2,1H3,(H,14,16)(H,17,18). The van der Waals surface area contributed by atoms with Crippen molar-refractivity contribution in [1.82, 2.24) is 10.3 Å². The Balaban J connectivity index is 1.95. The van der Waals surface area contributed by atoms with Gasteiger partial charge < -0.3 is 10.4 Å². The lowest BCUT2D eigenvalue weighted by Gasteiger charge is -2.19. The van der Waals surface area contributed by atoms with Gasteiger partial charge in [-0.3, -0.25) is 4.79 Å². The highest BCUT2D eigenvalue weighted by Gasteiger charge is 2.22. The first-order valence-corrected chi connectivity index (χ1v) is 7.10. The zero-order valence-corrected chi connectivity index (χ0v) is 11.4. The van der Waals surface area contributed by atoms with Crippen LogP contribution in [0.1, 0.15) is 47.7 Å². The number of rotatable bonds is 4. The lowest BCUT2D eigenvalue weighted by atomic mass is 9.93. The van der Waals surface area contributed by atoms with Gasteiger partial charge in [0.25, 0.3) is 0 Å². The maximum absolute atomic E-state index is 12.0. The summed E-state index contributed by atoms with van der Waals surface area (Å²) in [6.07, 6.45) is 6.70. The van der Waals surface area contributed by atoms with Gasteiger partial charge in [-0.2, -0.15) is 0 Å². The van der Waals surface area contributed by atoms with E-state index in [-0.39, 0.29) is 23.6 Å². The lowest BCUT2D eigenvalue weighted by molar-refractivity contribution is -0.125. The number of thiazole rings is 1. The number of allylic oxidation sites excluding steroid dienone is 2. The van der Waals surface area contributed by atoms with Gasteiger partial charge in [0, 0.05) is 11.3 Å². The van der Waals surface area contributed by atoms with Gasteiger partial charge in [0.1, 0.15) is 5.01 Å². The number of carbonyl (C=O) groups excluding carboxylic acids is 1. The van der Waals surface area contributed by atoms with Gasteiger partial charge in [-0.05, 0) is 26.2 Å². The van der Waals surface area contributed by atoms with Gasteiger partial charge in [-0.1, -0.05) is 12.2 Å². The van der Waals surface area contributed by atoms with Crippen LogP contribution in [0.25, 0.3) is 0 Å². The van der Waals surface area contributed by atoms with E-state index < -0.39 is 5.97 Å². The number of carboxylic acids is 1.